The molecule has 0 bridgehead atoms. The maximum absolute atomic E-state index is 12.8. The van der Waals surface area contributed by atoms with E-state index in [-0.39, 0.29) is 6.61 Å². The van der Waals surface area contributed by atoms with Crippen LogP contribution in [0.1, 0.15) is 105 Å². The molecule has 6 heteroatoms. The van der Waals surface area contributed by atoms with E-state index in [4.69, 9.17) is 9.47 Å². The Labute approximate surface area is 215 Å². The fourth-order valence-electron chi connectivity index (χ4n) is 3.72. The summed E-state index contributed by atoms with van der Waals surface area (Å²) in [7, 11) is 0. The summed E-state index contributed by atoms with van der Waals surface area (Å²) in [4.78, 5) is 26.3. The van der Waals surface area contributed by atoms with Gasteiger partial charge in [-0.2, -0.15) is 0 Å². The number of unbranched alkanes of at least 4 members (excludes halogenated alkanes) is 7. The van der Waals surface area contributed by atoms with Gasteiger partial charge in [0.05, 0.1) is 12.2 Å². The number of hydrogen-bond acceptors (Lipinski definition) is 5. The molecule has 0 saturated carbocycles. The predicted octanol–water partition coefficient (Wildman–Crippen LogP) is 8.49. The van der Waals surface area contributed by atoms with Crippen molar-refractivity contribution in [2.45, 2.75) is 104 Å². The number of thiophene rings is 1. The Hall–Kier alpha value is -2.34. The van der Waals surface area contributed by atoms with Gasteiger partial charge in [0.2, 0.25) is 0 Å². The minimum atomic E-state index is -0.608. The lowest BCUT2D eigenvalue weighted by atomic mass is 10.1. The van der Waals surface area contributed by atoms with Crippen LogP contribution in [0, 0.1) is 6.92 Å². The molecule has 0 aliphatic heterocycles. The average molecular weight is 502 g/mol. The van der Waals surface area contributed by atoms with E-state index in [0.29, 0.717) is 17.0 Å². The molecule has 35 heavy (non-hydrogen) atoms. The van der Waals surface area contributed by atoms with Crippen LogP contribution in [-0.4, -0.2) is 24.3 Å². The van der Waals surface area contributed by atoms with Crippen LogP contribution in [0.5, 0.6) is 0 Å². The molecule has 0 fully saturated rings. The molecule has 1 heterocycles. The highest BCUT2D eigenvalue weighted by Gasteiger charge is 2.24. The van der Waals surface area contributed by atoms with Gasteiger partial charge in [-0.1, -0.05) is 81.7 Å². The summed E-state index contributed by atoms with van der Waals surface area (Å²) in [5.74, 6) is -0.425. The first-order valence-corrected chi connectivity index (χ1v) is 13.8. The topological polar surface area (TPSA) is 64.6 Å². The number of esters is 1. The minimum absolute atomic E-state index is 0.271. The number of carbonyl (C=O) groups is 2. The van der Waals surface area contributed by atoms with Gasteiger partial charge < -0.3 is 9.47 Å². The Morgan fingerprint density at radius 1 is 0.914 bits per heavy atom. The van der Waals surface area contributed by atoms with Gasteiger partial charge in [0, 0.05) is 11.3 Å². The van der Waals surface area contributed by atoms with Crippen molar-refractivity contribution in [1.82, 2.24) is 0 Å². The molecule has 194 valence electrons. The number of benzene rings is 1. The van der Waals surface area contributed by atoms with Crippen molar-refractivity contribution < 1.29 is 19.1 Å². The maximum Gasteiger partial charge on any atom is 0.412 e. The highest BCUT2D eigenvalue weighted by atomic mass is 32.1. The molecule has 0 unspecified atom stereocenters. The lowest BCUT2D eigenvalue weighted by molar-refractivity contribution is 0.00712. The van der Waals surface area contributed by atoms with Crippen LogP contribution in [0.3, 0.4) is 0 Å². The van der Waals surface area contributed by atoms with E-state index in [0.717, 1.165) is 23.3 Å². The summed E-state index contributed by atoms with van der Waals surface area (Å²) in [5, 5.41) is 3.27. The number of amides is 1. The Kier molecular flexibility index (Phi) is 12.3. The third kappa shape index (κ3) is 11.8. The quantitative estimate of drug-likeness (QED) is 0.208. The fraction of sp³-hybridized carbons (Fsp3) is 0.586. The molecule has 5 nitrogen and oxygen atoms in total. The van der Waals surface area contributed by atoms with Gasteiger partial charge in [-0.3, -0.25) is 5.32 Å². The second kappa shape index (κ2) is 14.9. The molecule has 0 atom stereocenters. The number of aryl methyl sites for hydroxylation is 2. The zero-order chi connectivity index (χ0) is 25.7. The smallest absolute Gasteiger partial charge is 0.412 e. The number of carbonyl (C=O) groups excluding carboxylic acids is 2. The average Bonchev–Trinajstić information content (AvgIpc) is 3.18. The number of nitrogens with one attached hydrogen (secondary N) is 1. The number of ether oxygens (including phenoxy) is 2. The minimum Gasteiger partial charge on any atom is -0.456 e. The van der Waals surface area contributed by atoms with Crippen LogP contribution < -0.4 is 5.32 Å². The highest BCUT2D eigenvalue weighted by molar-refractivity contribution is 7.16. The number of hydrogen-bond donors (Lipinski definition) is 1. The monoisotopic (exact) mass is 501 g/mol. The first kappa shape index (κ1) is 28.9. The lowest BCUT2D eigenvalue weighted by Crippen LogP contribution is -2.24. The summed E-state index contributed by atoms with van der Waals surface area (Å²) in [5.41, 5.74) is 2.10. The van der Waals surface area contributed by atoms with E-state index in [1.807, 2.05) is 58.0 Å². The normalized spacial score (nSPS) is 11.3. The van der Waals surface area contributed by atoms with Crippen molar-refractivity contribution in [2.24, 2.45) is 0 Å². The molecule has 0 aliphatic carbocycles. The Morgan fingerprint density at radius 2 is 1.54 bits per heavy atom. The predicted molar refractivity (Wildman–Crippen MR) is 146 cm³/mol. The van der Waals surface area contributed by atoms with Gasteiger partial charge in [-0.05, 0) is 52.2 Å². The summed E-state index contributed by atoms with van der Waals surface area (Å²) in [6, 6.07) is 10.0. The fourth-order valence-corrected chi connectivity index (χ4v) is 4.79. The van der Waals surface area contributed by atoms with Crippen LogP contribution in [0.4, 0.5) is 9.80 Å². The molecule has 0 aliphatic rings. The third-order valence-electron chi connectivity index (χ3n) is 5.64. The van der Waals surface area contributed by atoms with E-state index in [1.165, 1.54) is 61.8 Å². The second-order valence-corrected chi connectivity index (χ2v) is 11.3. The Bertz CT molecular complexity index is 912. The molecule has 1 aromatic carbocycles. The van der Waals surface area contributed by atoms with Gasteiger partial charge in [0.25, 0.3) is 0 Å². The van der Waals surface area contributed by atoms with Gasteiger partial charge in [-0.15, -0.1) is 11.3 Å². The van der Waals surface area contributed by atoms with Gasteiger partial charge in [0.1, 0.15) is 10.6 Å². The van der Waals surface area contributed by atoms with Crippen LogP contribution in [0.25, 0.3) is 0 Å². The zero-order valence-electron chi connectivity index (χ0n) is 22.2. The van der Waals surface area contributed by atoms with Crippen molar-refractivity contribution in [1.29, 1.82) is 0 Å². The molecule has 2 aromatic rings. The Balaban J connectivity index is 1.90. The molecule has 0 spiro atoms. The van der Waals surface area contributed by atoms with Crippen molar-refractivity contribution in [3.8, 4) is 0 Å². The van der Waals surface area contributed by atoms with E-state index < -0.39 is 17.7 Å². The molecule has 0 saturated heterocycles. The molecule has 1 N–H and O–H groups in total. The van der Waals surface area contributed by atoms with Crippen LogP contribution in [-0.2, 0) is 22.3 Å². The maximum atomic E-state index is 12.8. The second-order valence-electron chi connectivity index (χ2n) is 10.2. The third-order valence-corrected chi connectivity index (χ3v) is 6.75. The van der Waals surface area contributed by atoms with Gasteiger partial charge >= 0.3 is 12.1 Å². The van der Waals surface area contributed by atoms with Gasteiger partial charge in [-0.25, -0.2) is 9.59 Å². The van der Waals surface area contributed by atoms with Crippen LogP contribution in [0.2, 0.25) is 0 Å². The van der Waals surface area contributed by atoms with Crippen molar-refractivity contribution in [2.75, 3.05) is 11.9 Å². The summed E-state index contributed by atoms with van der Waals surface area (Å²) in [6.07, 6.45) is 11.0. The molecule has 1 aromatic heterocycles. The standard InChI is InChI=1S/C29H43NO4S/c1-6-7-8-9-10-11-12-13-14-24-21-25(27(31)34-29(3,4)5)26(35-24)30-28(32)33-20-19-23-17-15-22(2)16-18-23/h15-18,21H,6-14,19-20H2,1-5H3,(H,30,32). The molecule has 2 rings (SSSR count). The number of rotatable bonds is 14. The van der Waals surface area contributed by atoms with E-state index in [9.17, 15) is 9.59 Å². The van der Waals surface area contributed by atoms with Gasteiger partial charge in [0.15, 0.2) is 0 Å². The summed E-state index contributed by atoms with van der Waals surface area (Å²) < 4.78 is 11.0. The zero-order valence-corrected chi connectivity index (χ0v) is 23.0. The molecular formula is C29H43NO4S. The first-order valence-electron chi connectivity index (χ1n) is 13.0. The lowest BCUT2D eigenvalue weighted by Gasteiger charge is -2.19. The van der Waals surface area contributed by atoms with Crippen LogP contribution in [0.15, 0.2) is 30.3 Å². The van der Waals surface area contributed by atoms with E-state index in [2.05, 4.69) is 12.2 Å². The SMILES string of the molecule is CCCCCCCCCCc1cc(C(=O)OC(C)(C)C)c(NC(=O)OCCc2ccc(C)cc2)s1. The summed E-state index contributed by atoms with van der Waals surface area (Å²) >= 11 is 1.44. The summed E-state index contributed by atoms with van der Waals surface area (Å²) in [6.45, 7) is 10.1. The first-order chi connectivity index (χ1) is 16.7. The van der Waals surface area contributed by atoms with E-state index in [1.54, 1.807) is 0 Å². The van der Waals surface area contributed by atoms with Crippen molar-refractivity contribution >= 4 is 28.4 Å². The van der Waals surface area contributed by atoms with Crippen LogP contribution >= 0.6 is 11.3 Å². The van der Waals surface area contributed by atoms with E-state index >= 15 is 0 Å². The molecule has 0 radical (unpaired) electrons. The largest absolute Gasteiger partial charge is 0.456 e. The number of anilines is 1. The molecule has 1 amide bonds. The van der Waals surface area contributed by atoms with Crippen molar-refractivity contribution in [3.63, 3.8) is 0 Å². The van der Waals surface area contributed by atoms with Crippen molar-refractivity contribution in [3.05, 3.63) is 51.9 Å². The molecular weight excluding hydrogens is 458 g/mol. The Morgan fingerprint density at radius 3 is 2.17 bits per heavy atom. The highest BCUT2D eigenvalue weighted by Crippen LogP contribution is 2.31.